The SMILES string of the molecule is O=S(=O)(Nc1cc(Cl)ccc1[S+]([O-])c1ccccc1)c1cc2ccccc2o1. The maximum absolute atomic E-state index is 13.0. The predicted octanol–water partition coefficient (Wildman–Crippen LogP) is 5.05. The van der Waals surface area contributed by atoms with Gasteiger partial charge in [-0.1, -0.05) is 48.0 Å². The summed E-state index contributed by atoms with van der Waals surface area (Å²) in [5.41, 5.74) is 0.595. The van der Waals surface area contributed by atoms with Crippen LogP contribution in [-0.4, -0.2) is 13.0 Å². The van der Waals surface area contributed by atoms with Crippen molar-refractivity contribution in [1.29, 1.82) is 0 Å². The maximum atomic E-state index is 13.0. The van der Waals surface area contributed by atoms with Crippen LogP contribution in [0.25, 0.3) is 11.0 Å². The van der Waals surface area contributed by atoms with Crippen molar-refractivity contribution in [3.63, 3.8) is 0 Å². The highest BCUT2D eigenvalue weighted by atomic mass is 35.5. The fraction of sp³-hybridized carbons (Fsp3) is 0. The molecule has 0 saturated carbocycles. The van der Waals surface area contributed by atoms with E-state index in [1.807, 2.05) is 6.07 Å². The molecule has 1 aromatic heterocycles. The van der Waals surface area contributed by atoms with E-state index in [0.29, 0.717) is 25.8 Å². The molecule has 1 N–H and O–H groups in total. The van der Waals surface area contributed by atoms with Crippen LogP contribution < -0.4 is 4.72 Å². The van der Waals surface area contributed by atoms with Gasteiger partial charge in [0.1, 0.15) is 11.3 Å². The Labute approximate surface area is 170 Å². The molecule has 4 rings (SSSR count). The Bertz CT molecular complexity index is 1210. The zero-order chi connectivity index (χ0) is 19.7. The Balaban J connectivity index is 1.73. The van der Waals surface area contributed by atoms with Crippen LogP contribution in [0.1, 0.15) is 0 Å². The van der Waals surface area contributed by atoms with Crippen molar-refractivity contribution in [3.05, 3.63) is 83.9 Å². The van der Waals surface area contributed by atoms with Crippen LogP contribution in [0.4, 0.5) is 5.69 Å². The molecule has 1 heterocycles. The van der Waals surface area contributed by atoms with Crippen molar-refractivity contribution >= 4 is 49.5 Å². The van der Waals surface area contributed by atoms with Gasteiger partial charge in [0.05, 0.1) is 0 Å². The van der Waals surface area contributed by atoms with Gasteiger partial charge in [-0.3, -0.25) is 4.72 Å². The molecule has 0 aliphatic heterocycles. The first-order valence-corrected chi connectivity index (χ1v) is 11.2. The third-order valence-electron chi connectivity index (χ3n) is 4.01. The molecule has 0 amide bonds. The second-order valence-electron chi connectivity index (χ2n) is 5.93. The average molecular weight is 432 g/mol. The second kappa shape index (κ2) is 7.52. The number of anilines is 1. The van der Waals surface area contributed by atoms with E-state index in [4.69, 9.17) is 16.0 Å². The molecule has 8 heteroatoms. The highest BCUT2D eigenvalue weighted by Gasteiger charge is 2.25. The van der Waals surface area contributed by atoms with Crippen LogP contribution in [0.15, 0.2) is 98.2 Å². The topological polar surface area (TPSA) is 82.4 Å². The minimum absolute atomic E-state index is 0.134. The number of para-hydroxylation sites is 1. The Hall–Kier alpha value is -2.45. The van der Waals surface area contributed by atoms with E-state index in [1.165, 1.54) is 12.1 Å². The van der Waals surface area contributed by atoms with Gasteiger partial charge >= 0.3 is 0 Å². The van der Waals surface area contributed by atoms with E-state index in [1.54, 1.807) is 60.7 Å². The summed E-state index contributed by atoms with van der Waals surface area (Å²) in [6, 6.07) is 21.7. The average Bonchev–Trinajstić information content (AvgIpc) is 3.13. The summed E-state index contributed by atoms with van der Waals surface area (Å²) in [7, 11) is -4.04. The fourth-order valence-electron chi connectivity index (χ4n) is 2.70. The molecule has 0 fully saturated rings. The number of hydrogen-bond donors (Lipinski definition) is 1. The summed E-state index contributed by atoms with van der Waals surface area (Å²) in [5, 5.41) is 0.753. The van der Waals surface area contributed by atoms with Crippen LogP contribution in [0.2, 0.25) is 5.02 Å². The highest BCUT2D eigenvalue weighted by Crippen LogP contribution is 2.32. The number of benzene rings is 3. The van der Waals surface area contributed by atoms with E-state index in [2.05, 4.69) is 4.72 Å². The molecule has 0 bridgehead atoms. The van der Waals surface area contributed by atoms with Crippen LogP contribution in [0.3, 0.4) is 0 Å². The lowest BCUT2D eigenvalue weighted by atomic mass is 10.3. The van der Waals surface area contributed by atoms with Crippen molar-refractivity contribution < 1.29 is 17.4 Å². The first-order chi connectivity index (χ1) is 13.4. The molecule has 1 atom stereocenters. The number of nitrogens with one attached hydrogen (secondary N) is 1. The molecule has 5 nitrogen and oxygen atoms in total. The molecule has 4 aromatic rings. The standard InChI is InChI=1S/C20H14ClNO4S2/c21-15-10-11-19(27(23)16-7-2-1-3-8-16)17(13-15)22-28(24,25)20-12-14-6-4-5-9-18(14)26-20/h1-13,22H. The smallest absolute Gasteiger partial charge is 0.295 e. The Kier molecular flexibility index (Phi) is 5.07. The number of halogens is 1. The van der Waals surface area contributed by atoms with Gasteiger partial charge in [-0.25, -0.2) is 0 Å². The van der Waals surface area contributed by atoms with Gasteiger partial charge in [0.15, 0.2) is 9.79 Å². The lowest BCUT2D eigenvalue weighted by Crippen LogP contribution is -2.15. The van der Waals surface area contributed by atoms with E-state index < -0.39 is 21.2 Å². The largest absolute Gasteiger partial charge is 0.606 e. The minimum Gasteiger partial charge on any atom is -0.606 e. The molecule has 142 valence electrons. The third-order valence-corrected chi connectivity index (χ3v) is 6.92. The third kappa shape index (κ3) is 3.74. The number of rotatable bonds is 5. The van der Waals surface area contributed by atoms with Gasteiger partial charge in [0, 0.05) is 27.7 Å². The van der Waals surface area contributed by atoms with Crippen LogP contribution in [-0.2, 0) is 21.2 Å². The van der Waals surface area contributed by atoms with Crippen LogP contribution in [0, 0.1) is 0 Å². The zero-order valence-corrected chi connectivity index (χ0v) is 16.7. The molecule has 0 radical (unpaired) electrons. The molecule has 0 spiro atoms. The molecule has 0 aliphatic carbocycles. The van der Waals surface area contributed by atoms with Gasteiger partial charge in [-0.05, 0) is 36.4 Å². The van der Waals surface area contributed by atoms with Gasteiger partial charge < -0.3 is 8.97 Å². The first-order valence-electron chi connectivity index (χ1n) is 8.22. The molecular weight excluding hydrogens is 418 g/mol. The molecule has 0 aliphatic rings. The number of hydrogen-bond acceptors (Lipinski definition) is 4. The predicted molar refractivity (Wildman–Crippen MR) is 110 cm³/mol. The summed E-state index contributed by atoms with van der Waals surface area (Å²) in [5.74, 6) is 0. The Morgan fingerprint density at radius 1 is 0.929 bits per heavy atom. The highest BCUT2D eigenvalue weighted by molar-refractivity contribution is 7.93. The number of sulfonamides is 1. The molecule has 3 aromatic carbocycles. The normalized spacial score (nSPS) is 12.8. The Morgan fingerprint density at radius 2 is 1.64 bits per heavy atom. The monoisotopic (exact) mass is 431 g/mol. The minimum atomic E-state index is -4.04. The van der Waals surface area contributed by atoms with Crippen molar-refractivity contribution in [1.82, 2.24) is 0 Å². The Morgan fingerprint density at radius 3 is 2.39 bits per heavy atom. The molecule has 1 unspecified atom stereocenters. The quantitative estimate of drug-likeness (QED) is 0.448. The second-order valence-corrected chi connectivity index (χ2v) is 9.43. The van der Waals surface area contributed by atoms with Gasteiger partial charge in [-0.15, -0.1) is 0 Å². The van der Waals surface area contributed by atoms with E-state index >= 15 is 0 Å². The van der Waals surface area contributed by atoms with Crippen LogP contribution >= 0.6 is 11.6 Å². The van der Waals surface area contributed by atoms with E-state index in [9.17, 15) is 13.0 Å². The van der Waals surface area contributed by atoms with Gasteiger partial charge in [0.25, 0.3) is 10.0 Å². The van der Waals surface area contributed by atoms with Gasteiger partial charge in [0.2, 0.25) is 5.09 Å². The molecule has 0 saturated heterocycles. The summed E-state index contributed by atoms with van der Waals surface area (Å²) in [4.78, 5) is 0.851. The van der Waals surface area contributed by atoms with Crippen molar-refractivity contribution in [3.8, 4) is 0 Å². The van der Waals surface area contributed by atoms with Crippen molar-refractivity contribution in [2.24, 2.45) is 0 Å². The van der Waals surface area contributed by atoms with Gasteiger partial charge in [-0.2, -0.15) is 8.42 Å². The summed E-state index contributed by atoms with van der Waals surface area (Å²) < 4.78 is 46.6. The molecular formula is C20H14ClNO4S2. The number of fused-ring (bicyclic) bond motifs is 1. The van der Waals surface area contributed by atoms with Crippen molar-refractivity contribution in [2.45, 2.75) is 14.9 Å². The number of furan rings is 1. The lowest BCUT2D eigenvalue weighted by Gasteiger charge is -2.15. The van der Waals surface area contributed by atoms with Crippen molar-refractivity contribution in [2.75, 3.05) is 4.72 Å². The van der Waals surface area contributed by atoms with E-state index in [0.717, 1.165) is 0 Å². The summed E-state index contributed by atoms with van der Waals surface area (Å²) >= 11 is 4.46. The van der Waals surface area contributed by atoms with Crippen LogP contribution in [0.5, 0.6) is 0 Å². The van der Waals surface area contributed by atoms with E-state index in [-0.39, 0.29) is 10.8 Å². The fourth-order valence-corrected chi connectivity index (χ4v) is 5.14. The first kappa shape index (κ1) is 18.9. The summed E-state index contributed by atoms with van der Waals surface area (Å²) in [6.07, 6.45) is 0. The zero-order valence-electron chi connectivity index (χ0n) is 14.3. The molecule has 28 heavy (non-hydrogen) atoms. The lowest BCUT2D eigenvalue weighted by molar-refractivity contribution is 0.484. The summed E-state index contributed by atoms with van der Waals surface area (Å²) in [6.45, 7) is 0. The maximum Gasteiger partial charge on any atom is 0.295 e.